The van der Waals surface area contributed by atoms with Gasteiger partial charge in [0.15, 0.2) is 5.01 Å². The summed E-state index contributed by atoms with van der Waals surface area (Å²) in [5, 5.41) is 12.2. The SMILES string of the molecule is CN1CCc2nc(C(=O)N[C@@H]3C[C@H](c4nccs4)CC[C@@H]3NC(=O)C(=O)Nc3ccc(Cl)cn3)sc2C1. The molecule has 3 N–H and O–H groups in total. The number of halogens is 1. The molecular formula is C24H26ClN7O3S2. The molecule has 0 bridgehead atoms. The number of carbonyl (C=O) groups excluding carboxylic acids is 3. The third-order valence-corrected chi connectivity index (χ3v) is 8.82. The molecule has 10 nitrogen and oxygen atoms in total. The van der Waals surface area contributed by atoms with Gasteiger partial charge in [0.2, 0.25) is 0 Å². The van der Waals surface area contributed by atoms with E-state index >= 15 is 0 Å². The topological polar surface area (TPSA) is 129 Å². The van der Waals surface area contributed by atoms with E-state index in [-0.39, 0.29) is 23.7 Å². The number of anilines is 1. The van der Waals surface area contributed by atoms with Gasteiger partial charge < -0.3 is 20.9 Å². The van der Waals surface area contributed by atoms with Crippen molar-refractivity contribution in [3.63, 3.8) is 0 Å². The minimum absolute atomic E-state index is 0.156. The van der Waals surface area contributed by atoms with Crippen molar-refractivity contribution in [2.45, 2.75) is 50.2 Å². The van der Waals surface area contributed by atoms with Crippen molar-refractivity contribution in [2.75, 3.05) is 18.9 Å². The lowest BCUT2D eigenvalue weighted by atomic mass is 9.82. The van der Waals surface area contributed by atoms with Crippen LogP contribution < -0.4 is 16.0 Å². The smallest absolute Gasteiger partial charge is 0.314 e. The Morgan fingerprint density at radius 3 is 2.73 bits per heavy atom. The van der Waals surface area contributed by atoms with Crippen LogP contribution >= 0.6 is 34.3 Å². The highest BCUT2D eigenvalue weighted by molar-refractivity contribution is 7.13. The minimum atomic E-state index is -0.835. The number of carbonyl (C=O) groups is 3. The maximum atomic E-state index is 13.2. The van der Waals surface area contributed by atoms with Crippen molar-refractivity contribution in [2.24, 2.45) is 0 Å². The zero-order chi connectivity index (χ0) is 25.9. The number of nitrogens with one attached hydrogen (secondary N) is 3. The normalized spacial score (nSPS) is 21.6. The lowest BCUT2D eigenvalue weighted by Crippen LogP contribution is -2.56. The molecule has 1 aliphatic heterocycles. The van der Waals surface area contributed by atoms with E-state index in [0.29, 0.717) is 22.9 Å². The molecule has 3 amide bonds. The Hall–Kier alpha value is -2.93. The largest absolute Gasteiger partial charge is 0.345 e. The maximum Gasteiger partial charge on any atom is 0.314 e. The Bertz CT molecular complexity index is 1280. The Labute approximate surface area is 226 Å². The van der Waals surface area contributed by atoms with Gasteiger partial charge in [-0.1, -0.05) is 11.6 Å². The molecule has 194 valence electrons. The van der Waals surface area contributed by atoms with Crippen LogP contribution in [0.5, 0.6) is 0 Å². The van der Waals surface area contributed by atoms with Crippen molar-refractivity contribution in [3.8, 4) is 0 Å². The monoisotopic (exact) mass is 559 g/mol. The fourth-order valence-corrected chi connectivity index (χ4v) is 6.66. The molecule has 3 aromatic rings. The Morgan fingerprint density at radius 2 is 1.97 bits per heavy atom. The zero-order valence-corrected chi connectivity index (χ0v) is 22.5. The number of thiazole rings is 2. The second-order valence-corrected chi connectivity index (χ2v) is 11.7. The molecule has 13 heteroatoms. The molecule has 0 radical (unpaired) electrons. The van der Waals surface area contributed by atoms with E-state index in [1.54, 1.807) is 23.6 Å². The first-order valence-corrected chi connectivity index (χ1v) is 14.0. The molecule has 3 aromatic heterocycles. The van der Waals surface area contributed by atoms with Gasteiger partial charge in [0.05, 0.1) is 21.8 Å². The third kappa shape index (κ3) is 6.15. The summed E-state index contributed by atoms with van der Waals surface area (Å²) < 4.78 is 0. The number of aromatic nitrogens is 3. The number of likely N-dealkylation sites (N-methyl/N-ethyl adjacent to an activating group) is 1. The molecule has 0 aromatic carbocycles. The molecular weight excluding hydrogens is 534 g/mol. The van der Waals surface area contributed by atoms with E-state index in [1.165, 1.54) is 23.6 Å². The highest BCUT2D eigenvalue weighted by atomic mass is 35.5. The summed E-state index contributed by atoms with van der Waals surface area (Å²) >= 11 is 8.82. The van der Waals surface area contributed by atoms with E-state index in [9.17, 15) is 14.4 Å². The Balaban J connectivity index is 1.28. The Morgan fingerprint density at radius 1 is 1.11 bits per heavy atom. The standard InChI is InChI=1S/C24H26ClN7O3S2/c1-32-8-6-16-18(12-32)37-24(30-16)22(35)29-17-10-13(23-26-7-9-36-23)2-4-15(17)28-20(33)21(34)31-19-5-3-14(25)11-27-19/h3,5,7,9,11,13,15,17H,2,4,6,8,10,12H2,1H3,(H,28,33)(H,29,35)(H,27,31,34)/t13-,15+,17-/m1/s1. The number of fused-ring (bicyclic) bond motifs is 1. The molecule has 0 spiro atoms. The summed E-state index contributed by atoms with van der Waals surface area (Å²) in [6.07, 6.45) is 5.94. The first kappa shape index (κ1) is 25.7. The Kier molecular flexibility index (Phi) is 7.79. The molecule has 2 aliphatic rings. The summed E-state index contributed by atoms with van der Waals surface area (Å²) in [6, 6.07) is 2.28. The highest BCUT2D eigenvalue weighted by Crippen LogP contribution is 2.34. The van der Waals surface area contributed by atoms with Gasteiger partial charge in [0.25, 0.3) is 5.91 Å². The van der Waals surface area contributed by atoms with E-state index in [2.05, 4.69) is 42.8 Å². The minimum Gasteiger partial charge on any atom is -0.345 e. The van der Waals surface area contributed by atoms with Gasteiger partial charge in [-0.3, -0.25) is 14.4 Å². The second-order valence-electron chi connectivity index (χ2n) is 9.23. The quantitative estimate of drug-likeness (QED) is 0.410. The first-order valence-electron chi connectivity index (χ1n) is 12.0. The summed E-state index contributed by atoms with van der Waals surface area (Å²) in [6.45, 7) is 1.70. The lowest BCUT2D eigenvalue weighted by Gasteiger charge is -2.36. The van der Waals surface area contributed by atoms with Crippen LogP contribution in [-0.4, -0.2) is 63.2 Å². The van der Waals surface area contributed by atoms with E-state index in [4.69, 9.17) is 11.6 Å². The van der Waals surface area contributed by atoms with Crippen molar-refractivity contribution < 1.29 is 14.4 Å². The highest BCUT2D eigenvalue weighted by Gasteiger charge is 2.36. The number of hydrogen-bond acceptors (Lipinski definition) is 9. The number of pyridine rings is 1. The molecule has 4 heterocycles. The van der Waals surface area contributed by atoms with Crippen LogP contribution in [0.15, 0.2) is 29.9 Å². The van der Waals surface area contributed by atoms with E-state index < -0.39 is 17.9 Å². The fraction of sp³-hybridized carbons (Fsp3) is 0.417. The average Bonchev–Trinajstić information content (AvgIpc) is 3.56. The zero-order valence-electron chi connectivity index (χ0n) is 20.1. The van der Waals surface area contributed by atoms with Crippen LogP contribution in [0.25, 0.3) is 0 Å². The molecule has 37 heavy (non-hydrogen) atoms. The summed E-state index contributed by atoms with van der Waals surface area (Å²) in [5.74, 6) is -1.51. The molecule has 1 fully saturated rings. The predicted molar refractivity (Wildman–Crippen MR) is 142 cm³/mol. The molecule has 0 saturated heterocycles. The predicted octanol–water partition coefficient (Wildman–Crippen LogP) is 2.83. The van der Waals surface area contributed by atoms with Gasteiger partial charge in [-0.25, -0.2) is 15.0 Å². The first-order chi connectivity index (χ1) is 17.9. The summed E-state index contributed by atoms with van der Waals surface area (Å²) in [7, 11) is 2.05. The third-order valence-electron chi connectivity index (χ3n) is 6.58. The van der Waals surface area contributed by atoms with Gasteiger partial charge in [-0.2, -0.15) is 0 Å². The van der Waals surface area contributed by atoms with Crippen LogP contribution in [0, 0.1) is 0 Å². The fourth-order valence-electron chi connectivity index (χ4n) is 4.67. The number of nitrogens with zero attached hydrogens (tertiary/aromatic N) is 4. The summed E-state index contributed by atoms with van der Waals surface area (Å²) in [5.41, 5.74) is 0.981. The van der Waals surface area contributed by atoms with E-state index in [1.807, 2.05) is 5.38 Å². The number of hydrogen-bond donors (Lipinski definition) is 3. The van der Waals surface area contributed by atoms with Gasteiger partial charge in [0.1, 0.15) is 5.82 Å². The molecule has 3 atom stereocenters. The second kappa shape index (κ2) is 11.2. The van der Waals surface area contributed by atoms with Gasteiger partial charge in [0, 0.05) is 54.1 Å². The van der Waals surface area contributed by atoms with Crippen molar-refractivity contribution >= 4 is 57.8 Å². The van der Waals surface area contributed by atoms with Gasteiger partial charge >= 0.3 is 11.8 Å². The van der Waals surface area contributed by atoms with Crippen LogP contribution in [0.3, 0.4) is 0 Å². The molecule has 0 unspecified atom stereocenters. The average molecular weight is 560 g/mol. The van der Waals surface area contributed by atoms with E-state index in [0.717, 1.165) is 41.5 Å². The van der Waals surface area contributed by atoms with Crippen LogP contribution in [0.1, 0.15) is 50.6 Å². The number of amides is 3. The lowest BCUT2D eigenvalue weighted by molar-refractivity contribution is -0.136. The van der Waals surface area contributed by atoms with Crippen LogP contribution in [0.4, 0.5) is 5.82 Å². The van der Waals surface area contributed by atoms with Crippen LogP contribution in [-0.2, 0) is 22.6 Å². The molecule has 1 aliphatic carbocycles. The van der Waals surface area contributed by atoms with Crippen molar-refractivity contribution in [1.29, 1.82) is 0 Å². The van der Waals surface area contributed by atoms with Crippen molar-refractivity contribution in [1.82, 2.24) is 30.5 Å². The summed E-state index contributed by atoms with van der Waals surface area (Å²) in [4.78, 5) is 54.8. The van der Waals surface area contributed by atoms with Gasteiger partial charge in [-0.15, -0.1) is 22.7 Å². The molecule has 5 rings (SSSR count). The number of rotatable bonds is 5. The van der Waals surface area contributed by atoms with Crippen LogP contribution in [0.2, 0.25) is 5.02 Å². The van der Waals surface area contributed by atoms with Crippen molar-refractivity contribution in [3.05, 3.63) is 55.5 Å². The van der Waals surface area contributed by atoms with Gasteiger partial charge in [-0.05, 0) is 38.4 Å². The molecule has 1 saturated carbocycles. The maximum absolute atomic E-state index is 13.2.